The Morgan fingerprint density at radius 1 is 1.11 bits per heavy atom. The van der Waals surface area contributed by atoms with Gasteiger partial charge >= 0.3 is 5.97 Å². The molecule has 0 atom stereocenters. The largest absolute Gasteiger partial charge is 0.477 e. The average Bonchev–Trinajstić information content (AvgIpc) is 2.63. The lowest BCUT2D eigenvalue weighted by molar-refractivity contribution is -0.118. The molecule has 1 heterocycles. The minimum absolute atomic E-state index is 0.198. The summed E-state index contributed by atoms with van der Waals surface area (Å²) in [5.74, 6) is -1.94. The number of carbonyl (C=O) groups excluding carboxylic acids is 1. The molecule has 4 rings (SSSR count). The molecule has 3 aromatic rings. The third kappa shape index (κ3) is 3.03. The number of carbonyl (C=O) groups is 2. The second kappa shape index (κ2) is 6.46. The molecule has 0 fully saturated rings. The van der Waals surface area contributed by atoms with Crippen molar-refractivity contribution < 1.29 is 19.1 Å². The summed E-state index contributed by atoms with van der Waals surface area (Å²) in [4.78, 5) is 35.5. The van der Waals surface area contributed by atoms with E-state index < -0.39 is 22.8 Å². The standard InChI is InChI=1S/C21H16FNO4/c22-17-2-1-3-18-19(17)20(25)16(21(26)27)11-23(18)10-12-4-5-13-6-7-15(24)9-14(13)8-12/h1-5,8,11H,6-7,9-10H2,(H,26,27). The number of carboxylic acids is 1. The van der Waals surface area contributed by atoms with Gasteiger partial charge in [0.25, 0.3) is 0 Å². The normalized spacial score (nSPS) is 13.6. The van der Waals surface area contributed by atoms with Crippen LogP contribution in [-0.4, -0.2) is 21.4 Å². The van der Waals surface area contributed by atoms with Crippen LogP contribution in [0.4, 0.5) is 4.39 Å². The monoisotopic (exact) mass is 365 g/mol. The summed E-state index contributed by atoms with van der Waals surface area (Å²) in [6.45, 7) is 0.266. The zero-order valence-electron chi connectivity index (χ0n) is 14.4. The molecule has 136 valence electrons. The van der Waals surface area contributed by atoms with Gasteiger partial charge in [-0.15, -0.1) is 0 Å². The Labute approximate surface area is 153 Å². The number of pyridine rings is 1. The van der Waals surface area contributed by atoms with Crippen molar-refractivity contribution in [2.45, 2.75) is 25.8 Å². The molecule has 2 aromatic carbocycles. The molecule has 27 heavy (non-hydrogen) atoms. The first kappa shape index (κ1) is 17.1. The third-order valence-corrected chi connectivity index (χ3v) is 4.97. The predicted molar refractivity (Wildman–Crippen MR) is 97.7 cm³/mol. The minimum atomic E-state index is -1.39. The molecule has 0 saturated carbocycles. The summed E-state index contributed by atoms with van der Waals surface area (Å²) in [5.41, 5.74) is 2.00. The van der Waals surface area contributed by atoms with E-state index in [1.807, 2.05) is 18.2 Å². The quantitative estimate of drug-likeness (QED) is 0.774. The van der Waals surface area contributed by atoms with Gasteiger partial charge in [0.05, 0.1) is 10.9 Å². The summed E-state index contributed by atoms with van der Waals surface area (Å²) in [7, 11) is 0. The lowest BCUT2D eigenvalue weighted by atomic mass is 9.89. The Balaban J connectivity index is 1.85. The van der Waals surface area contributed by atoms with Gasteiger partial charge in [0, 0.05) is 25.6 Å². The Kier molecular flexibility index (Phi) is 4.11. The van der Waals surface area contributed by atoms with Crippen LogP contribution in [0, 0.1) is 5.82 Å². The van der Waals surface area contributed by atoms with E-state index in [1.54, 1.807) is 10.6 Å². The molecular weight excluding hydrogens is 349 g/mol. The number of aromatic carboxylic acids is 1. The van der Waals surface area contributed by atoms with Crippen LogP contribution in [0.1, 0.15) is 33.5 Å². The molecule has 0 aliphatic heterocycles. The van der Waals surface area contributed by atoms with E-state index in [4.69, 9.17) is 0 Å². The smallest absolute Gasteiger partial charge is 0.341 e. The van der Waals surface area contributed by atoms with Gasteiger partial charge in [-0.3, -0.25) is 9.59 Å². The average molecular weight is 365 g/mol. The lowest BCUT2D eigenvalue weighted by Gasteiger charge is -2.17. The summed E-state index contributed by atoms with van der Waals surface area (Å²) in [5, 5.41) is 9.09. The minimum Gasteiger partial charge on any atom is -0.477 e. The molecule has 1 aromatic heterocycles. The highest BCUT2D eigenvalue weighted by Crippen LogP contribution is 2.22. The second-order valence-electron chi connectivity index (χ2n) is 6.76. The zero-order chi connectivity index (χ0) is 19.1. The third-order valence-electron chi connectivity index (χ3n) is 4.97. The number of rotatable bonds is 3. The number of hydrogen-bond donors (Lipinski definition) is 1. The van der Waals surface area contributed by atoms with E-state index in [2.05, 4.69) is 0 Å². The van der Waals surface area contributed by atoms with Gasteiger partial charge < -0.3 is 9.67 Å². The maximum Gasteiger partial charge on any atom is 0.341 e. The molecule has 0 spiro atoms. The van der Waals surface area contributed by atoms with Crippen LogP contribution in [0.3, 0.4) is 0 Å². The van der Waals surface area contributed by atoms with Crippen LogP contribution in [0.5, 0.6) is 0 Å². The Morgan fingerprint density at radius 2 is 1.93 bits per heavy atom. The first-order valence-electron chi connectivity index (χ1n) is 8.61. The fourth-order valence-corrected chi connectivity index (χ4v) is 3.64. The zero-order valence-corrected chi connectivity index (χ0v) is 14.4. The van der Waals surface area contributed by atoms with Gasteiger partial charge in [0.15, 0.2) is 0 Å². The number of aromatic nitrogens is 1. The lowest BCUT2D eigenvalue weighted by Crippen LogP contribution is -2.20. The summed E-state index contributed by atoms with van der Waals surface area (Å²) < 4.78 is 15.8. The molecule has 6 heteroatoms. The topological polar surface area (TPSA) is 76.4 Å². The van der Waals surface area contributed by atoms with Gasteiger partial charge in [0.2, 0.25) is 5.43 Å². The summed E-state index contributed by atoms with van der Waals surface area (Å²) in [6, 6.07) is 10.0. The van der Waals surface area contributed by atoms with Crippen molar-refractivity contribution in [1.29, 1.82) is 0 Å². The van der Waals surface area contributed by atoms with Gasteiger partial charge in [0.1, 0.15) is 17.2 Å². The fraction of sp³-hybridized carbons (Fsp3) is 0.190. The Hall–Kier alpha value is -3.28. The van der Waals surface area contributed by atoms with E-state index in [1.165, 1.54) is 12.3 Å². The maximum absolute atomic E-state index is 14.2. The summed E-state index contributed by atoms with van der Waals surface area (Å²) in [6.07, 6.45) is 2.92. The number of aryl methyl sites for hydroxylation is 1. The molecule has 0 bridgehead atoms. The number of ketones is 1. The van der Waals surface area contributed by atoms with Crippen LogP contribution < -0.4 is 5.43 Å². The molecule has 0 radical (unpaired) electrons. The van der Waals surface area contributed by atoms with Gasteiger partial charge in [-0.1, -0.05) is 24.3 Å². The Morgan fingerprint density at radius 3 is 2.70 bits per heavy atom. The van der Waals surface area contributed by atoms with Crippen molar-refractivity contribution >= 4 is 22.7 Å². The fourth-order valence-electron chi connectivity index (χ4n) is 3.64. The number of fused-ring (bicyclic) bond motifs is 2. The van der Waals surface area contributed by atoms with Gasteiger partial charge in [-0.05, 0) is 35.2 Å². The van der Waals surface area contributed by atoms with E-state index in [0.29, 0.717) is 18.4 Å². The van der Waals surface area contributed by atoms with Crippen LogP contribution in [-0.2, 0) is 24.2 Å². The summed E-state index contributed by atoms with van der Waals surface area (Å²) >= 11 is 0. The van der Waals surface area contributed by atoms with Crippen molar-refractivity contribution in [2.75, 3.05) is 0 Å². The Bertz CT molecular complexity index is 1160. The molecule has 1 N–H and O–H groups in total. The van der Waals surface area contributed by atoms with E-state index >= 15 is 0 Å². The SMILES string of the molecule is O=C1CCc2ccc(Cn3cc(C(=O)O)c(=O)c4c(F)cccc43)cc2C1. The van der Waals surface area contributed by atoms with Crippen molar-refractivity contribution in [3.8, 4) is 0 Å². The van der Waals surface area contributed by atoms with Crippen molar-refractivity contribution in [2.24, 2.45) is 0 Å². The first-order valence-corrected chi connectivity index (χ1v) is 8.61. The highest BCUT2D eigenvalue weighted by molar-refractivity contribution is 5.92. The number of halogens is 1. The van der Waals surface area contributed by atoms with Crippen molar-refractivity contribution in [3.05, 3.63) is 80.9 Å². The first-order chi connectivity index (χ1) is 12.9. The molecule has 0 unspecified atom stereocenters. The second-order valence-corrected chi connectivity index (χ2v) is 6.76. The molecule has 0 saturated heterocycles. The molecule has 0 amide bonds. The van der Waals surface area contributed by atoms with E-state index in [0.717, 1.165) is 29.2 Å². The van der Waals surface area contributed by atoms with Crippen molar-refractivity contribution in [1.82, 2.24) is 4.57 Å². The number of nitrogens with zero attached hydrogens (tertiary/aromatic N) is 1. The van der Waals surface area contributed by atoms with Gasteiger partial charge in [-0.25, -0.2) is 9.18 Å². The van der Waals surface area contributed by atoms with Crippen molar-refractivity contribution in [3.63, 3.8) is 0 Å². The highest BCUT2D eigenvalue weighted by atomic mass is 19.1. The number of Topliss-reactive ketones (excluding diaryl/α,β-unsaturated/α-hetero) is 1. The molecule has 1 aliphatic carbocycles. The number of hydrogen-bond acceptors (Lipinski definition) is 3. The molecular formula is C21H16FNO4. The van der Waals surface area contributed by atoms with Crippen LogP contribution in [0.2, 0.25) is 0 Å². The predicted octanol–water partition coefficient (Wildman–Crippen LogP) is 2.94. The van der Waals surface area contributed by atoms with E-state index in [9.17, 15) is 23.9 Å². The number of benzene rings is 2. The highest BCUT2D eigenvalue weighted by Gasteiger charge is 2.19. The van der Waals surface area contributed by atoms with E-state index in [-0.39, 0.29) is 17.7 Å². The van der Waals surface area contributed by atoms with Gasteiger partial charge in [-0.2, -0.15) is 0 Å². The van der Waals surface area contributed by atoms with Crippen LogP contribution >= 0.6 is 0 Å². The molecule has 1 aliphatic rings. The molecule has 5 nitrogen and oxygen atoms in total. The van der Waals surface area contributed by atoms with Crippen LogP contribution in [0.15, 0.2) is 47.4 Å². The maximum atomic E-state index is 14.2. The number of carboxylic acid groups (broad SMARTS) is 1. The van der Waals surface area contributed by atoms with Crippen LogP contribution in [0.25, 0.3) is 10.9 Å².